The van der Waals surface area contributed by atoms with E-state index >= 15 is 0 Å². The highest BCUT2D eigenvalue weighted by Crippen LogP contribution is 2.28. The number of aliphatic hydroxyl groups excluding tert-OH is 1. The van der Waals surface area contributed by atoms with Crippen molar-refractivity contribution in [3.05, 3.63) is 28.2 Å². The Morgan fingerprint density at radius 3 is 2.74 bits per heavy atom. The number of benzene rings is 1. The average Bonchev–Trinajstić information content (AvgIpc) is 2.46. The topological polar surface area (TPSA) is 52.6 Å². The molecule has 0 aromatic heterocycles. The lowest BCUT2D eigenvalue weighted by Gasteiger charge is -2.34. The Bertz CT molecular complexity index is 457. The van der Waals surface area contributed by atoms with Gasteiger partial charge in [-0.15, -0.1) is 0 Å². The van der Waals surface area contributed by atoms with Crippen molar-refractivity contribution in [2.75, 3.05) is 25.0 Å². The molecule has 2 rings (SSSR count). The number of carbonyl (C=O) groups is 1. The molecule has 0 spiro atoms. The predicted octanol–water partition coefficient (Wildman–Crippen LogP) is 1.90. The van der Waals surface area contributed by atoms with Crippen molar-refractivity contribution < 1.29 is 9.90 Å². The van der Waals surface area contributed by atoms with E-state index in [1.54, 1.807) is 7.05 Å². The molecule has 0 radical (unpaired) electrons. The summed E-state index contributed by atoms with van der Waals surface area (Å²) in [5.74, 6) is 0.257. The van der Waals surface area contributed by atoms with E-state index in [-0.39, 0.29) is 18.4 Å². The minimum absolute atomic E-state index is 0.0319. The van der Waals surface area contributed by atoms with Crippen molar-refractivity contribution in [2.24, 2.45) is 5.92 Å². The Kier molecular flexibility index (Phi) is 4.82. The van der Waals surface area contributed by atoms with Crippen LogP contribution < -0.4 is 10.2 Å². The fourth-order valence-corrected chi connectivity index (χ4v) is 2.98. The van der Waals surface area contributed by atoms with Crippen LogP contribution in [0.3, 0.4) is 0 Å². The zero-order valence-corrected chi connectivity index (χ0v) is 12.6. The van der Waals surface area contributed by atoms with Crippen LogP contribution in [0.5, 0.6) is 0 Å². The Balaban J connectivity index is 2.07. The van der Waals surface area contributed by atoms with Gasteiger partial charge in [-0.1, -0.05) is 15.9 Å². The van der Waals surface area contributed by atoms with Gasteiger partial charge in [0.25, 0.3) is 0 Å². The molecular weight excluding hydrogens is 308 g/mol. The highest BCUT2D eigenvalue weighted by Gasteiger charge is 2.25. The largest absolute Gasteiger partial charge is 0.392 e. The van der Waals surface area contributed by atoms with E-state index < -0.39 is 0 Å². The lowest BCUT2D eigenvalue weighted by atomic mass is 9.95. The van der Waals surface area contributed by atoms with Crippen LogP contribution in [-0.2, 0) is 11.4 Å². The second-order valence-corrected chi connectivity index (χ2v) is 5.72. The summed E-state index contributed by atoms with van der Waals surface area (Å²) in [7, 11) is 1.69. The smallest absolute Gasteiger partial charge is 0.222 e. The molecule has 0 atom stereocenters. The second-order valence-electron chi connectivity index (χ2n) is 4.81. The van der Waals surface area contributed by atoms with Crippen molar-refractivity contribution in [1.82, 2.24) is 5.32 Å². The fraction of sp³-hybridized carbons (Fsp3) is 0.500. The second kappa shape index (κ2) is 6.39. The molecule has 104 valence electrons. The lowest BCUT2D eigenvalue weighted by Crippen LogP contribution is -2.39. The first-order valence-electron chi connectivity index (χ1n) is 6.51. The zero-order chi connectivity index (χ0) is 13.8. The van der Waals surface area contributed by atoms with Crippen molar-refractivity contribution in [1.29, 1.82) is 0 Å². The van der Waals surface area contributed by atoms with E-state index in [1.807, 2.05) is 18.2 Å². The number of nitrogens with one attached hydrogen (secondary N) is 1. The van der Waals surface area contributed by atoms with Crippen molar-refractivity contribution >= 4 is 27.5 Å². The molecule has 0 bridgehead atoms. The minimum Gasteiger partial charge on any atom is -0.392 e. The highest BCUT2D eigenvalue weighted by atomic mass is 79.9. The summed E-state index contributed by atoms with van der Waals surface area (Å²) in [5.41, 5.74) is 1.99. The van der Waals surface area contributed by atoms with Crippen molar-refractivity contribution in [2.45, 2.75) is 19.4 Å². The third-order valence-corrected chi connectivity index (χ3v) is 4.16. The average molecular weight is 327 g/mol. The van der Waals surface area contributed by atoms with Crippen LogP contribution in [0.4, 0.5) is 5.69 Å². The molecule has 1 fully saturated rings. The number of anilines is 1. The maximum atomic E-state index is 11.6. The van der Waals surface area contributed by atoms with Gasteiger partial charge in [-0.25, -0.2) is 0 Å². The summed E-state index contributed by atoms with van der Waals surface area (Å²) < 4.78 is 0.973. The Morgan fingerprint density at radius 1 is 1.47 bits per heavy atom. The number of carbonyl (C=O) groups excluding carboxylic acids is 1. The van der Waals surface area contributed by atoms with E-state index in [4.69, 9.17) is 0 Å². The third-order valence-electron chi connectivity index (χ3n) is 3.66. The van der Waals surface area contributed by atoms with Gasteiger partial charge in [0.15, 0.2) is 0 Å². The number of piperidine rings is 1. The SMILES string of the molecule is CNC(=O)C1CCN(c2ccc(Br)cc2CO)CC1. The van der Waals surface area contributed by atoms with E-state index in [1.165, 1.54) is 0 Å². The molecule has 1 aliphatic rings. The van der Waals surface area contributed by atoms with Gasteiger partial charge in [0.05, 0.1) is 6.61 Å². The summed E-state index contributed by atoms with van der Waals surface area (Å²) in [5, 5.41) is 12.2. The van der Waals surface area contributed by atoms with Gasteiger partial charge in [0, 0.05) is 41.8 Å². The molecule has 0 saturated carbocycles. The number of halogens is 1. The van der Waals surface area contributed by atoms with E-state index in [0.717, 1.165) is 41.7 Å². The molecule has 4 nitrogen and oxygen atoms in total. The lowest BCUT2D eigenvalue weighted by molar-refractivity contribution is -0.125. The standard InChI is InChI=1S/C14H19BrN2O2/c1-16-14(19)10-4-6-17(7-5-10)13-3-2-12(15)8-11(13)9-18/h2-3,8,10,18H,4-7,9H2,1H3,(H,16,19). The first-order valence-corrected chi connectivity index (χ1v) is 7.31. The van der Waals surface area contributed by atoms with Crippen LogP contribution in [0.25, 0.3) is 0 Å². The number of amides is 1. The molecule has 1 saturated heterocycles. The first kappa shape index (κ1) is 14.3. The van der Waals surface area contributed by atoms with E-state index in [2.05, 4.69) is 26.1 Å². The van der Waals surface area contributed by atoms with Crippen LogP contribution in [0.15, 0.2) is 22.7 Å². The zero-order valence-electron chi connectivity index (χ0n) is 11.0. The van der Waals surface area contributed by atoms with Gasteiger partial charge in [0.1, 0.15) is 0 Å². The molecule has 0 unspecified atom stereocenters. The molecule has 1 aliphatic heterocycles. The molecule has 19 heavy (non-hydrogen) atoms. The van der Waals surface area contributed by atoms with Gasteiger partial charge < -0.3 is 15.3 Å². The maximum absolute atomic E-state index is 11.6. The van der Waals surface area contributed by atoms with Crippen molar-refractivity contribution in [3.8, 4) is 0 Å². The monoisotopic (exact) mass is 326 g/mol. The summed E-state index contributed by atoms with van der Waals surface area (Å²) in [6.45, 7) is 1.74. The van der Waals surface area contributed by atoms with E-state index in [9.17, 15) is 9.90 Å². The molecule has 1 aromatic carbocycles. The summed E-state index contributed by atoms with van der Waals surface area (Å²) >= 11 is 3.42. The Hall–Kier alpha value is -1.07. The number of nitrogens with zero attached hydrogens (tertiary/aromatic N) is 1. The van der Waals surface area contributed by atoms with Gasteiger partial charge in [-0.3, -0.25) is 4.79 Å². The van der Waals surface area contributed by atoms with E-state index in [0.29, 0.717) is 0 Å². The highest BCUT2D eigenvalue weighted by molar-refractivity contribution is 9.10. The normalized spacial score (nSPS) is 16.5. The summed E-state index contributed by atoms with van der Waals surface area (Å²) in [6.07, 6.45) is 1.72. The molecular formula is C14H19BrN2O2. The minimum atomic E-state index is 0.0319. The maximum Gasteiger partial charge on any atom is 0.222 e. The number of hydrogen-bond acceptors (Lipinski definition) is 3. The van der Waals surface area contributed by atoms with Crippen LogP contribution >= 0.6 is 15.9 Å². The van der Waals surface area contributed by atoms with Gasteiger partial charge in [-0.2, -0.15) is 0 Å². The van der Waals surface area contributed by atoms with Gasteiger partial charge in [0.2, 0.25) is 5.91 Å². The Morgan fingerprint density at radius 2 is 2.16 bits per heavy atom. The molecule has 1 aromatic rings. The van der Waals surface area contributed by atoms with Crippen LogP contribution in [0.2, 0.25) is 0 Å². The van der Waals surface area contributed by atoms with Crippen LogP contribution in [0.1, 0.15) is 18.4 Å². The fourth-order valence-electron chi connectivity index (χ4n) is 2.58. The number of rotatable bonds is 3. The van der Waals surface area contributed by atoms with Crippen LogP contribution in [-0.4, -0.2) is 31.2 Å². The number of hydrogen-bond donors (Lipinski definition) is 2. The van der Waals surface area contributed by atoms with Gasteiger partial charge in [-0.05, 0) is 31.0 Å². The quantitative estimate of drug-likeness (QED) is 0.892. The Labute approximate surface area is 121 Å². The predicted molar refractivity (Wildman–Crippen MR) is 79.1 cm³/mol. The number of aliphatic hydroxyl groups is 1. The summed E-state index contributed by atoms with van der Waals surface area (Å²) in [6, 6.07) is 5.95. The molecule has 2 N–H and O–H groups in total. The van der Waals surface area contributed by atoms with Crippen molar-refractivity contribution in [3.63, 3.8) is 0 Å². The third kappa shape index (κ3) is 3.28. The molecule has 0 aliphatic carbocycles. The van der Waals surface area contributed by atoms with Gasteiger partial charge >= 0.3 is 0 Å². The molecule has 1 amide bonds. The molecule has 1 heterocycles. The first-order chi connectivity index (χ1) is 9.15. The summed E-state index contributed by atoms with van der Waals surface area (Å²) in [4.78, 5) is 13.8. The molecule has 5 heteroatoms. The van der Waals surface area contributed by atoms with Crippen LogP contribution in [0, 0.1) is 5.92 Å².